The predicted octanol–water partition coefficient (Wildman–Crippen LogP) is 12.1. The predicted molar refractivity (Wildman–Crippen MR) is 255 cm³/mol. The first-order valence-electron chi connectivity index (χ1n) is 19.5. The summed E-state index contributed by atoms with van der Waals surface area (Å²) in [6.45, 7) is 8.75. The van der Waals surface area contributed by atoms with Crippen LogP contribution in [-0.2, 0) is 12.8 Å². The zero-order valence-electron chi connectivity index (χ0n) is 35.7. The van der Waals surface area contributed by atoms with Gasteiger partial charge in [-0.2, -0.15) is 26.0 Å². The Balaban J connectivity index is 0.000000360. The van der Waals surface area contributed by atoms with Crippen molar-refractivity contribution in [2.45, 2.75) is 40.5 Å². The van der Waals surface area contributed by atoms with Crippen LogP contribution in [0, 0.1) is 73.0 Å². The molecule has 0 radical (unpaired) electrons. The molecule has 332 valence electrons. The highest BCUT2D eigenvalue weighted by atomic mass is 35.5. The van der Waals surface area contributed by atoms with Gasteiger partial charge in [0.05, 0.1) is 35.4 Å². The molecule has 0 fully saturated rings. The van der Waals surface area contributed by atoms with Crippen molar-refractivity contribution in [3.63, 3.8) is 0 Å². The maximum atomic E-state index is 8.96. The molecule has 0 aliphatic carbocycles. The van der Waals surface area contributed by atoms with Crippen LogP contribution < -0.4 is 21.3 Å². The van der Waals surface area contributed by atoms with Crippen LogP contribution in [0.1, 0.15) is 57.3 Å². The van der Waals surface area contributed by atoms with Crippen LogP contribution in [0.4, 0.5) is 54.3 Å². The zero-order chi connectivity index (χ0) is 46.6. The second-order valence-electron chi connectivity index (χ2n) is 13.9. The number of fused-ring (bicyclic) bond motifs is 1. The summed E-state index contributed by atoms with van der Waals surface area (Å²) in [6, 6.07) is 34.2. The van der Waals surface area contributed by atoms with Crippen LogP contribution in [0.15, 0.2) is 97.1 Å². The molecule has 1 aliphatic rings. The monoisotopic (exact) mass is 917 g/mol. The van der Waals surface area contributed by atoms with Crippen molar-refractivity contribution in [2.75, 3.05) is 33.7 Å². The minimum atomic E-state index is 0. The molecule has 0 spiro atoms. The Labute approximate surface area is 387 Å². The molecule has 4 aromatic carbocycles. The van der Waals surface area contributed by atoms with E-state index in [-0.39, 0.29) is 6.13 Å². The quantitative estimate of drug-likeness (QED) is 0.0537. The van der Waals surface area contributed by atoms with E-state index in [0.717, 1.165) is 86.3 Å². The van der Waals surface area contributed by atoms with E-state index < -0.39 is 0 Å². The number of anilines is 7. The van der Waals surface area contributed by atoms with E-state index in [1.165, 1.54) is 12.2 Å². The van der Waals surface area contributed by atoms with Gasteiger partial charge in [-0.05, 0) is 148 Å². The number of aromatic nitrogens is 4. The standard InChI is InChI=1S/C24H20N6.C14H12Cl2N4.C10H10N2.F2.FH.H2/c1-16-14-18(4-3-12-25)7-10-22(16)30-13-11-21-17(2)27-24(29-23(21)30)28-20-8-5-19(15-26)6-9-20;1-9-12(6-7-15)13(16)20-14(18-9)19-11-4-2-10(8-17)3-5-11;1-8-7-9(3-2-6-11)4-5-10(8)12;1-2;;/h3-10,14H,11,13H2,1-2H3,(H,27,28,29);2-5H,6-7H2,1H3,(H,18,19,20);2-5,7H,12H2,1H3;;2*1H/b4-3+;;3-2+;;;/i;;;;;1+1. The number of nitriles is 4. The van der Waals surface area contributed by atoms with E-state index in [1.54, 1.807) is 48.6 Å². The number of nitrogens with one attached hydrogen (secondary N) is 2. The summed E-state index contributed by atoms with van der Waals surface area (Å²) in [4.78, 5) is 20.2. The van der Waals surface area contributed by atoms with Gasteiger partial charge < -0.3 is 21.3 Å². The number of halogens is 5. The van der Waals surface area contributed by atoms with Gasteiger partial charge in [-0.1, -0.05) is 23.7 Å². The smallest absolute Gasteiger partial charge is 0.229 e. The SMILES string of the molecule is Cc1cc(/C=C/C#N)ccc1N.Cc1cc(/C=C/C#N)ccc1N1CCc2c(C)nc(Nc3ccc(C#N)cc3)nc21.Cc1nc(Nc2ccc(C#N)cc2)nc(Cl)c1CCCl.F.FF.[2HH]. The molecule has 3 heterocycles. The second-order valence-corrected chi connectivity index (χ2v) is 14.6. The van der Waals surface area contributed by atoms with Gasteiger partial charge in [-0.25, -0.2) is 15.0 Å². The molecule has 0 unspecified atom stereocenters. The molecule has 0 saturated heterocycles. The summed E-state index contributed by atoms with van der Waals surface area (Å²) in [5.41, 5.74) is 18.3. The Bertz CT molecular complexity index is 2770. The highest BCUT2D eigenvalue weighted by Crippen LogP contribution is 2.37. The van der Waals surface area contributed by atoms with Gasteiger partial charge >= 0.3 is 0 Å². The van der Waals surface area contributed by atoms with Crippen molar-refractivity contribution < 1.29 is 15.3 Å². The fraction of sp³-hybridized carbons (Fsp3) is 0.167. The Morgan fingerprint density at radius 1 is 0.723 bits per heavy atom. The van der Waals surface area contributed by atoms with E-state index in [0.29, 0.717) is 40.5 Å². The normalized spacial score (nSPS) is 10.8. The van der Waals surface area contributed by atoms with Crippen LogP contribution in [0.2, 0.25) is 5.15 Å². The maximum absolute atomic E-state index is 8.96. The third-order valence-electron chi connectivity index (χ3n) is 9.59. The average molecular weight is 919 g/mol. The van der Waals surface area contributed by atoms with E-state index in [4.69, 9.17) is 64.1 Å². The van der Waals surface area contributed by atoms with Crippen molar-refractivity contribution in [3.05, 3.63) is 158 Å². The fourth-order valence-electron chi connectivity index (χ4n) is 6.38. The zero-order valence-corrected chi connectivity index (χ0v) is 37.3. The largest absolute Gasteiger partial charge is 0.399 e. The third kappa shape index (κ3) is 14.6. The van der Waals surface area contributed by atoms with Gasteiger partial charge in [-0.3, -0.25) is 4.70 Å². The van der Waals surface area contributed by atoms with E-state index >= 15 is 0 Å². The lowest BCUT2D eigenvalue weighted by Gasteiger charge is -2.22. The summed E-state index contributed by atoms with van der Waals surface area (Å²) in [5.74, 6) is 2.36. The summed E-state index contributed by atoms with van der Waals surface area (Å²) < 4.78 is 16.0. The number of nitrogen functional groups attached to an aromatic ring is 1. The van der Waals surface area contributed by atoms with Crippen molar-refractivity contribution in [1.29, 1.82) is 21.0 Å². The van der Waals surface area contributed by atoms with Crippen LogP contribution in [0.25, 0.3) is 12.2 Å². The molecular weight excluding hydrogens is 873 g/mol. The molecule has 1 aliphatic heterocycles. The van der Waals surface area contributed by atoms with Crippen LogP contribution in [0.5, 0.6) is 0 Å². The lowest BCUT2D eigenvalue weighted by atomic mass is 10.1. The Morgan fingerprint density at radius 3 is 1.71 bits per heavy atom. The lowest BCUT2D eigenvalue weighted by molar-refractivity contribution is 0.108. The number of hydrogen-bond acceptors (Lipinski definition) is 12. The van der Waals surface area contributed by atoms with Crippen molar-refractivity contribution in [1.82, 2.24) is 19.9 Å². The number of allylic oxidation sites excluding steroid dienone is 2. The van der Waals surface area contributed by atoms with Gasteiger partial charge in [0.1, 0.15) is 11.0 Å². The number of benzene rings is 4. The fourth-order valence-corrected chi connectivity index (χ4v) is 6.88. The van der Waals surface area contributed by atoms with Gasteiger partial charge in [0.2, 0.25) is 11.9 Å². The highest BCUT2D eigenvalue weighted by Gasteiger charge is 2.26. The van der Waals surface area contributed by atoms with E-state index in [1.807, 2.05) is 69.3 Å². The van der Waals surface area contributed by atoms with E-state index in [9.17, 15) is 0 Å². The number of alkyl halides is 1. The summed E-state index contributed by atoms with van der Waals surface area (Å²) >= 11 is 11.9. The number of rotatable bonds is 9. The lowest BCUT2D eigenvalue weighted by Crippen LogP contribution is -2.16. The van der Waals surface area contributed by atoms with Crippen LogP contribution >= 0.6 is 23.2 Å². The molecule has 6 aromatic rings. The molecule has 0 saturated carbocycles. The van der Waals surface area contributed by atoms with Gasteiger partial charge in [0.25, 0.3) is 0 Å². The number of hydrogen-bond donors (Lipinski definition) is 3. The van der Waals surface area contributed by atoms with Crippen molar-refractivity contribution in [2.24, 2.45) is 0 Å². The average Bonchev–Trinajstić information content (AvgIpc) is 3.73. The molecule has 7 rings (SSSR count). The molecule has 17 heteroatoms. The Hall–Kier alpha value is -7.95. The molecule has 2 aromatic heterocycles. The molecule has 0 bridgehead atoms. The molecule has 4 N–H and O–H groups in total. The minimum absolute atomic E-state index is 0. The number of nitrogens with two attached hydrogens (primary N) is 1. The molecule has 12 nitrogen and oxygen atoms in total. The highest BCUT2D eigenvalue weighted by molar-refractivity contribution is 6.30. The maximum Gasteiger partial charge on any atom is 0.229 e. The molecule has 0 atom stereocenters. The first-order chi connectivity index (χ1) is 31.0. The second kappa shape index (κ2) is 25.9. The first-order valence-corrected chi connectivity index (χ1v) is 20.4. The number of nitrogens with zero attached hydrogens (tertiary/aromatic N) is 9. The summed E-state index contributed by atoms with van der Waals surface area (Å²) in [5, 5.41) is 41.5. The minimum Gasteiger partial charge on any atom is -0.399 e. The van der Waals surface area contributed by atoms with Crippen molar-refractivity contribution in [3.8, 4) is 24.3 Å². The summed E-state index contributed by atoms with van der Waals surface area (Å²) in [6.07, 6.45) is 8.03. The first kappa shape index (κ1) is 51.4. The topological polar surface area (TPSA) is 200 Å². The number of aryl methyl sites for hydroxylation is 4. The van der Waals surface area contributed by atoms with E-state index in [2.05, 4.69) is 61.7 Å². The van der Waals surface area contributed by atoms with Gasteiger partial charge in [-0.15, -0.1) is 11.6 Å². The Kier molecular flexibility index (Phi) is 20.4. The molecular formula is C48H45Cl2F3N12. The molecule has 65 heavy (non-hydrogen) atoms. The molecule has 0 amide bonds. The van der Waals surface area contributed by atoms with Gasteiger partial charge in [0, 0.05) is 80.4 Å². The van der Waals surface area contributed by atoms with Crippen molar-refractivity contribution >= 4 is 75.8 Å². The Morgan fingerprint density at radius 2 is 1.23 bits per heavy atom. The summed E-state index contributed by atoms with van der Waals surface area (Å²) in [7, 11) is 0. The third-order valence-corrected chi connectivity index (χ3v) is 10.1. The van der Waals surface area contributed by atoms with Crippen LogP contribution in [0.3, 0.4) is 0 Å². The van der Waals surface area contributed by atoms with Crippen LogP contribution in [-0.4, -0.2) is 32.4 Å². The van der Waals surface area contributed by atoms with Gasteiger partial charge in [0.15, 0.2) is 0 Å².